The maximum absolute atomic E-state index is 13.7. The van der Waals surface area contributed by atoms with Crippen LogP contribution in [0.4, 0.5) is 14.6 Å². The number of anilines is 1. The Bertz CT molecular complexity index is 1040. The molecule has 2 aromatic carbocycles. The fraction of sp³-hybridized carbons (Fsp3) is 0.150. The molecule has 142 valence electrons. The van der Waals surface area contributed by atoms with E-state index < -0.39 is 23.1 Å². The fourth-order valence-corrected chi connectivity index (χ4v) is 3.00. The first-order valence-corrected chi connectivity index (χ1v) is 9.34. The van der Waals surface area contributed by atoms with Crippen LogP contribution in [-0.2, 0) is 0 Å². The number of rotatable bonds is 5. The van der Waals surface area contributed by atoms with Crippen molar-refractivity contribution in [3.63, 3.8) is 0 Å². The van der Waals surface area contributed by atoms with Crippen molar-refractivity contribution in [1.82, 2.24) is 9.97 Å². The number of amides is 1. The molecule has 28 heavy (non-hydrogen) atoms. The second-order valence-corrected chi connectivity index (χ2v) is 7.16. The second kappa shape index (κ2) is 7.63. The summed E-state index contributed by atoms with van der Waals surface area (Å²) in [5.74, 6) is -2.23. The van der Waals surface area contributed by atoms with Gasteiger partial charge in [-0.05, 0) is 43.2 Å². The summed E-state index contributed by atoms with van der Waals surface area (Å²) in [7, 11) is 0. The highest BCUT2D eigenvalue weighted by atomic mass is 79.9. The van der Waals surface area contributed by atoms with Gasteiger partial charge in [-0.1, -0.05) is 22.0 Å². The van der Waals surface area contributed by atoms with Crippen molar-refractivity contribution in [1.29, 1.82) is 0 Å². The summed E-state index contributed by atoms with van der Waals surface area (Å²) >= 11 is 3.48. The summed E-state index contributed by atoms with van der Waals surface area (Å²) in [6.45, 7) is 0. The van der Waals surface area contributed by atoms with Gasteiger partial charge < -0.3 is 10.1 Å². The lowest BCUT2D eigenvalue weighted by atomic mass is 10.1. The van der Waals surface area contributed by atoms with Crippen LogP contribution in [0.5, 0.6) is 5.75 Å². The van der Waals surface area contributed by atoms with Crippen LogP contribution in [0.1, 0.15) is 23.2 Å². The van der Waals surface area contributed by atoms with Crippen molar-refractivity contribution >= 4 is 27.7 Å². The highest BCUT2D eigenvalue weighted by Gasteiger charge is 2.24. The molecule has 4 rings (SSSR count). The van der Waals surface area contributed by atoms with E-state index in [2.05, 4.69) is 31.2 Å². The smallest absolute Gasteiger partial charge is 0.259 e. The van der Waals surface area contributed by atoms with E-state index >= 15 is 0 Å². The molecule has 3 aromatic rings. The van der Waals surface area contributed by atoms with Crippen LogP contribution in [0.3, 0.4) is 0 Å². The third kappa shape index (κ3) is 4.01. The minimum absolute atomic E-state index is 0.124. The number of benzene rings is 2. The van der Waals surface area contributed by atoms with Gasteiger partial charge in [0.2, 0.25) is 0 Å². The molecule has 1 fully saturated rings. The Balaban J connectivity index is 1.52. The minimum atomic E-state index is -1.21. The molecule has 1 aliphatic rings. The van der Waals surface area contributed by atoms with Gasteiger partial charge in [-0.25, -0.2) is 13.8 Å². The maximum Gasteiger partial charge on any atom is 0.259 e. The first-order chi connectivity index (χ1) is 13.5. The molecule has 1 saturated carbocycles. The zero-order chi connectivity index (χ0) is 19.7. The fourth-order valence-electron chi connectivity index (χ4n) is 2.55. The Morgan fingerprint density at radius 1 is 1.14 bits per heavy atom. The number of ether oxygens (including phenoxy) is 1. The quantitative estimate of drug-likeness (QED) is 0.601. The van der Waals surface area contributed by atoms with Gasteiger partial charge in [0.25, 0.3) is 5.91 Å². The van der Waals surface area contributed by atoms with Gasteiger partial charge >= 0.3 is 0 Å². The lowest BCUT2D eigenvalue weighted by Gasteiger charge is -2.10. The summed E-state index contributed by atoms with van der Waals surface area (Å²) in [4.78, 5) is 20.6. The molecule has 0 unspecified atom stereocenters. The number of aromatic nitrogens is 2. The van der Waals surface area contributed by atoms with Gasteiger partial charge in [-0.15, -0.1) is 0 Å². The minimum Gasteiger partial charge on any atom is -0.490 e. The molecule has 1 amide bonds. The molecule has 8 heteroatoms. The van der Waals surface area contributed by atoms with Gasteiger partial charge in [0.1, 0.15) is 5.75 Å². The van der Waals surface area contributed by atoms with E-state index in [9.17, 15) is 13.6 Å². The van der Waals surface area contributed by atoms with Gasteiger partial charge in [0.15, 0.2) is 17.5 Å². The predicted octanol–water partition coefficient (Wildman–Crippen LogP) is 4.98. The Labute approximate surface area is 167 Å². The van der Waals surface area contributed by atoms with Crippen molar-refractivity contribution in [3.8, 4) is 17.0 Å². The lowest BCUT2D eigenvalue weighted by Crippen LogP contribution is -2.15. The lowest BCUT2D eigenvalue weighted by molar-refractivity contribution is 0.102. The second-order valence-electron chi connectivity index (χ2n) is 6.30. The standard InChI is InChI=1S/C20H14BrF2N3O2/c21-15-7-6-12(28-11-4-5-11)8-14(15)17-9-25-18(10-24-17)26-20(27)13-2-1-3-16(22)19(13)23/h1-3,6-11H,4-5H2,(H,25,26,27). The zero-order valence-electron chi connectivity index (χ0n) is 14.5. The van der Waals surface area contributed by atoms with E-state index in [-0.39, 0.29) is 11.9 Å². The first-order valence-electron chi connectivity index (χ1n) is 8.55. The predicted molar refractivity (Wildman–Crippen MR) is 103 cm³/mol. The normalized spacial score (nSPS) is 13.2. The molecule has 0 saturated heterocycles. The molecule has 0 spiro atoms. The highest BCUT2D eigenvalue weighted by molar-refractivity contribution is 9.10. The molecule has 1 N–H and O–H groups in total. The van der Waals surface area contributed by atoms with E-state index in [0.29, 0.717) is 5.69 Å². The molecule has 0 radical (unpaired) electrons. The summed E-state index contributed by atoms with van der Waals surface area (Å²) in [6, 6.07) is 9.01. The summed E-state index contributed by atoms with van der Waals surface area (Å²) in [5.41, 5.74) is 0.960. The molecular weight excluding hydrogens is 432 g/mol. The Hall–Kier alpha value is -2.87. The van der Waals surface area contributed by atoms with Crippen LogP contribution in [0.2, 0.25) is 0 Å². The molecule has 0 aliphatic heterocycles. The van der Waals surface area contributed by atoms with Crippen LogP contribution < -0.4 is 10.1 Å². The topological polar surface area (TPSA) is 64.1 Å². The van der Waals surface area contributed by atoms with Crippen LogP contribution in [0.25, 0.3) is 11.3 Å². The highest BCUT2D eigenvalue weighted by Crippen LogP contribution is 2.33. The molecule has 1 aromatic heterocycles. The van der Waals surface area contributed by atoms with E-state index in [0.717, 1.165) is 34.7 Å². The van der Waals surface area contributed by atoms with Crippen molar-refractivity contribution in [2.24, 2.45) is 0 Å². The van der Waals surface area contributed by atoms with E-state index in [1.165, 1.54) is 24.5 Å². The molecule has 5 nitrogen and oxygen atoms in total. The van der Waals surface area contributed by atoms with Gasteiger partial charge in [0, 0.05) is 10.0 Å². The summed E-state index contributed by atoms with van der Waals surface area (Å²) in [6.07, 6.45) is 5.24. The van der Waals surface area contributed by atoms with Gasteiger partial charge in [-0.3, -0.25) is 9.78 Å². The summed E-state index contributed by atoms with van der Waals surface area (Å²) < 4.78 is 33.6. The van der Waals surface area contributed by atoms with Crippen molar-refractivity contribution in [3.05, 3.63) is 70.5 Å². The number of hydrogen-bond acceptors (Lipinski definition) is 4. The average Bonchev–Trinajstić information content (AvgIpc) is 3.50. The maximum atomic E-state index is 13.7. The Kier molecular flexibility index (Phi) is 5.04. The molecule has 0 bridgehead atoms. The molecule has 0 atom stereocenters. The van der Waals surface area contributed by atoms with E-state index in [4.69, 9.17) is 4.74 Å². The third-order valence-corrected chi connectivity index (χ3v) is 4.82. The Morgan fingerprint density at radius 2 is 1.96 bits per heavy atom. The Morgan fingerprint density at radius 3 is 2.68 bits per heavy atom. The number of halogens is 3. The molecule has 1 aliphatic carbocycles. The average molecular weight is 446 g/mol. The number of carbonyl (C=O) groups excluding carboxylic acids is 1. The number of nitrogens with zero attached hydrogens (tertiary/aromatic N) is 2. The number of hydrogen-bond donors (Lipinski definition) is 1. The zero-order valence-corrected chi connectivity index (χ0v) is 16.0. The monoisotopic (exact) mass is 445 g/mol. The summed E-state index contributed by atoms with van der Waals surface area (Å²) in [5, 5.41) is 2.41. The number of nitrogens with one attached hydrogen (secondary N) is 1. The third-order valence-electron chi connectivity index (χ3n) is 4.13. The SMILES string of the molecule is O=C(Nc1cnc(-c2cc(OC3CC3)ccc2Br)cn1)c1cccc(F)c1F. The van der Waals surface area contributed by atoms with Crippen molar-refractivity contribution in [2.45, 2.75) is 18.9 Å². The van der Waals surface area contributed by atoms with Crippen molar-refractivity contribution in [2.75, 3.05) is 5.32 Å². The van der Waals surface area contributed by atoms with E-state index in [1.807, 2.05) is 18.2 Å². The van der Waals surface area contributed by atoms with Crippen LogP contribution in [0, 0.1) is 11.6 Å². The van der Waals surface area contributed by atoms with Crippen LogP contribution in [-0.4, -0.2) is 22.0 Å². The van der Waals surface area contributed by atoms with Gasteiger partial charge in [0.05, 0.1) is 29.8 Å². The molecular formula is C20H14BrF2N3O2. The van der Waals surface area contributed by atoms with E-state index in [1.54, 1.807) is 0 Å². The van der Waals surface area contributed by atoms with Crippen molar-refractivity contribution < 1.29 is 18.3 Å². The largest absolute Gasteiger partial charge is 0.490 e. The molecule has 1 heterocycles. The van der Waals surface area contributed by atoms with Crippen LogP contribution in [0.15, 0.2) is 53.3 Å². The number of carbonyl (C=O) groups is 1. The first kappa shape index (κ1) is 18.5. The van der Waals surface area contributed by atoms with Crippen LogP contribution >= 0.6 is 15.9 Å². The van der Waals surface area contributed by atoms with Gasteiger partial charge in [-0.2, -0.15) is 0 Å².